The van der Waals surface area contributed by atoms with Gasteiger partial charge in [-0.2, -0.15) is 0 Å². The molecule has 2 aromatic rings. The SMILES string of the molecule is CCC(c1ccccc1)C(NN)c1cccc(Br)c1F. The largest absolute Gasteiger partial charge is 0.271 e. The minimum Gasteiger partial charge on any atom is -0.271 e. The van der Waals surface area contributed by atoms with Crippen LogP contribution in [0.25, 0.3) is 0 Å². The highest BCUT2D eigenvalue weighted by atomic mass is 79.9. The van der Waals surface area contributed by atoms with Gasteiger partial charge in [-0.1, -0.05) is 49.4 Å². The Hall–Kier alpha value is -1.23. The Morgan fingerprint density at radius 3 is 2.45 bits per heavy atom. The van der Waals surface area contributed by atoms with Crippen LogP contribution in [0.5, 0.6) is 0 Å². The van der Waals surface area contributed by atoms with Crippen LogP contribution in [-0.4, -0.2) is 0 Å². The molecule has 106 valence electrons. The maximum Gasteiger partial charge on any atom is 0.142 e. The molecule has 2 rings (SSSR count). The first-order valence-electron chi connectivity index (χ1n) is 6.64. The Kier molecular flexibility index (Phi) is 5.29. The van der Waals surface area contributed by atoms with E-state index in [1.165, 1.54) is 0 Å². The molecule has 0 saturated heterocycles. The number of halogens is 2. The molecular formula is C16H18BrFN2. The van der Waals surface area contributed by atoms with E-state index in [0.717, 1.165) is 12.0 Å². The first kappa shape index (κ1) is 15.2. The average molecular weight is 337 g/mol. The first-order valence-corrected chi connectivity index (χ1v) is 7.43. The highest BCUT2D eigenvalue weighted by Crippen LogP contribution is 2.35. The summed E-state index contributed by atoms with van der Waals surface area (Å²) in [5.41, 5.74) is 4.51. The molecule has 0 aliphatic heterocycles. The zero-order chi connectivity index (χ0) is 14.5. The second-order valence-corrected chi connectivity index (χ2v) is 5.57. The van der Waals surface area contributed by atoms with E-state index in [2.05, 4.69) is 28.3 Å². The molecule has 0 aromatic heterocycles. The molecule has 0 aliphatic carbocycles. The highest BCUT2D eigenvalue weighted by molar-refractivity contribution is 9.10. The maximum atomic E-state index is 14.3. The third-order valence-electron chi connectivity index (χ3n) is 3.57. The van der Waals surface area contributed by atoms with Crippen LogP contribution in [0.2, 0.25) is 0 Å². The summed E-state index contributed by atoms with van der Waals surface area (Å²) in [5, 5.41) is 0. The summed E-state index contributed by atoms with van der Waals surface area (Å²) in [4.78, 5) is 0. The van der Waals surface area contributed by atoms with Gasteiger partial charge in [0, 0.05) is 11.5 Å². The third kappa shape index (κ3) is 3.08. The highest BCUT2D eigenvalue weighted by Gasteiger charge is 2.25. The zero-order valence-corrected chi connectivity index (χ0v) is 12.9. The second kappa shape index (κ2) is 6.97. The monoisotopic (exact) mass is 336 g/mol. The van der Waals surface area contributed by atoms with Gasteiger partial charge in [-0.3, -0.25) is 11.3 Å². The summed E-state index contributed by atoms with van der Waals surface area (Å²) in [6, 6.07) is 15.1. The lowest BCUT2D eigenvalue weighted by Crippen LogP contribution is -2.33. The molecule has 0 heterocycles. The number of benzene rings is 2. The van der Waals surface area contributed by atoms with Crippen molar-refractivity contribution in [2.24, 2.45) is 5.84 Å². The van der Waals surface area contributed by atoms with E-state index in [4.69, 9.17) is 5.84 Å². The molecule has 2 nitrogen and oxygen atoms in total. The van der Waals surface area contributed by atoms with Gasteiger partial charge in [0.25, 0.3) is 0 Å². The van der Waals surface area contributed by atoms with Gasteiger partial charge in [-0.25, -0.2) is 4.39 Å². The van der Waals surface area contributed by atoms with Crippen LogP contribution in [0, 0.1) is 5.82 Å². The van der Waals surface area contributed by atoms with E-state index in [9.17, 15) is 4.39 Å². The zero-order valence-electron chi connectivity index (χ0n) is 11.3. The standard InChI is InChI=1S/C16H18BrFN2/c1-2-12(11-7-4-3-5-8-11)16(20-19)13-9-6-10-14(17)15(13)18/h3-10,12,16,20H,2,19H2,1H3. The van der Waals surface area contributed by atoms with E-state index in [1.807, 2.05) is 36.4 Å². The lowest BCUT2D eigenvalue weighted by molar-refractivity contribution is 0.426. The molecule has 2 aromatic carbocycles. The molecule has 3 N–H and O–H groups in total. The quantitative estimate of drug-likeness (QED) is 0.631. The maximum absolute atomic E-state index is 14.3. The molecular weight excluding hydrogens is 319 g/mol. The summed E-state index contributed by atoms with van der Waals surface area (Å²) < 4.78 is 14.8. The molecule has 0 bridgehead atoms. The van der Waals surface area contributed by atoms with Crippen molar-refractivity contribution in [1.29, 1.82) is 0 Å². The van der Waals surface area contributed by atoms with Crippen LogP contribution in [0.15, 0.2) is 53.0 Å². The molecule has 20 heavy (non-hydrogen) atoms. The van der Waals surface area contributed by atoms with E-state index in [-0.39, 0.29) is 17.8 Å². The predicted octanol–water partition coefficient (Wildman–Crippen LogP) is 4.29. The van der Waals surface area contributed by atoms with Crippen LogP contribution in [0.3, 0.4) is 0 Å². The topological polar surface area (TPSA) is 38.0 Å². The van der Waals surface area contributed by atoms with Crippen LogP contribution in [-0.2, 0) is 0 Å². The number of hydrogen-bond donors (Lipinski definition) is 2. The van der Waals surface area contributed by atoms with Gasteiger partial charge in [0.05, 0.1) is 10.5 Å². The molecule has 0 amide bonds. The number of hydrazine groups is 1. The fourth-order valence-electron chi connectivity index (χ4n) is 2.55. The molecule has 2 atom stereocenters. The Morgan fingerprint density at radius 2 is 1.85 bits per heavy atom. The van der Waals surface area contributed by atoms with Gasteiger partial charge >= 0.3 is 0 Å². The normalized spacial score (nSPS) is 14.0. The molecule has 0 saturated carbocycles. The van der Waals surface area contributed by atoms with Crippen molar-refractivity contribution in [2.75, 3.05) is 0 Å². The van der Waals surface area contributed by atoms with Gasteiger partial charge < -0.3 is 0 Å². The first-order chi connectivity index (χ1) is 9.69. The summed E-state index contributed by atoms with van der Waals surface area (Å²) in [7, 11) is 0. The number of nitrogens with one attached hydrogen (secondary N) is 1. The van der Waals surface area contributed by atoms with Gasteiger partial charge in [0.15, 0.2) is 0 Å². The second-order valence-electron chi connectivity index (χ2n) is 4.71. The van der Waals surface area contributed by atoms with Crippen molar-refractivity contribution < 1.29 is 4.39 Å². The van der Waals surface area contributed by atoms with Gasteiger partial charge in [0.2, 0.25) is 0 Å². The van der Waals surface area contributed by atoms with Crippen LogP contribution >= 0.6 is 15.9 Å². The van der Waals surface area contributed by atoms with Crippen molar-refractivity contribution >= 4 is 15.9 Å². The molecule has 4 heteroatoms. The van der Waals surface area contributed by atoms with Crippen molar-refractivity contribution in [2.45, 2.75) is 25.3 Å². The fourth-order valence-corrected chi connectivity index (χ4v) is 2.93. The minimum atomic E-state index is -0.264. The van der Waals surface area contributed by atoms with Crippen LogP contribution in [0.1, 0.15) is 36.4 Å². The van der Waals surface area contributed by atoms with Crippen molar-refractivity contribution in [3.8, 4) is 0 Å². The summed E-state index contributed by atoms with van der Waals surface area (Å²) >= 11 is 3.23. The Bertz CT molecular complexity index is 560. The Labute approximate surface area is 127 Å². The van der Waals surface area contributed by atoms with Gasteiger partial charge in [-0.05, 0) is 34.0 Å². The molecule has 0 radical (unpaired) electrons. The van der Waals surface area contributed by atoms with E-state index in [0.29, 0.717) is 10.0 Å². The predicted molar refractivity (Wildman–Crippen MR) is 83.6 cm³/mol. The van der Waals surface area contributed by atoms with Crippen molar-refractivity contribution in [1.82, 2.24) is 5.43 Å². The average Bonchev–Trinajstić information content (AvgIpc) is 2.49. The number of hydrogen-bond acceptors (Lipinski definition) is 2. The summed E-state index contributed by atoms with van der Waals surface area (Å²) in [6.45, 7) is 2.08. The van der Waals surface area contributed by atoms with E-state index >= 15 is 0 Å². The van der Waals surface area contributed by atoms with Gasteiger partial charge in [-0.15, -0.1) is 0 Å². The molecule has 0 fully saturated rings. The lowest BCUT2D eigenvalue weighted by Gasteiger charge is -2.27. The van der Waals surface area contributed by atoms with Gasteiger partial charge in [0.1, 0.15) is 5.82 Å². The van der Waals surface area contributed by atoms with Crippen molar-refractivity contribution in [3.05, 3.63) is 69.9 Å². The number of rotatable bonds is 5. The summed E-state index contributed by atoms with van der Waals surface area (Å²) in [6.07, 6.45) is 0.866. The number of nitrogens with two attached hydrogens (primary N) is 1. The fraction of sp³-hybridized carbons (Fsp3) is 0.250. The summed E-state index contributed by atoms with van der Waals surface area (Å²) in [5.74, 6) is 5.56. The molecule has 0 spiro atoms. The van der Waals surface area contributed by atoms with Crippen molar-refractivity contribution in [3.63, 3.8) is 0 Å². The van der Waals surface area contributed by atoms with Crippen LogP contribution < -0.4 is 11.3 Å². The minimum absolute atomic E-state index is 0.116. The van der Waals surface area contributed by atoms with E-state index < -0.39 is 0 Å². The lowest BCUT2D eigenvalue weighted by atomic mass is 9.85. The molecule has 2 unspecified atom stereocenters. The Morgan fingerprint density at radius 1 is 1.15 bits per heavy atom. The third-order valence-corrected chi connectivity index (χ3v) is 4.18. The molecule has 0 aliphatic rings. The smallest absolute Gasteiger partial charge is 0.142 e. The van der Waals surface area contributed by atoms with E-state index in [1.54, 1.807) is 12.1 Å². The Balaban J connectivity index is 2.42. The van der Waals surface area contributed by atoms with Crippen LogP contribution in [0.4, 0.5) is 4.39 Å².